The zero-order chi connectivity index (χ0) is 36.0. The van der Waals surface area contributed by atoms with Crippen molar-refractivity contribution in [3.05, 3.63) is 53.7 Å². The van der Waals surface area contributed by atoms with Crippen molar-refractivity contribution in [3.63, 3.8) is 0 Å². The highest BCUT2D eigenvalue weighted by molar-refractivity contribution is 5.94. The molecule has 1 amide bonds. The number of carbonyl (C=O) groups is 1. The van der Waals surface area contributed by atoms with Gasteiger partial charge in [0.1, 0.15) is 18.0 Å². The van der Waals surface area contributed by atoms with Gasteiger partial charge in [-0.15, -0.1) is 0 Å². The number of piperazine rings is 1. The van der Waals surface area contributed by atoms with Crippen LogP contribution in [0, 0.1) is 11.3 Å². The van der Waals surface area contributed by atoms with E-state index in [1.807, 2.05) is 20.8 Å². The normalized spacial score (nSPS) is 21.1. The largest absolute Gasteiger partial charge is 0.462 e. The van der Waals surface area contributed by atoms with Crippen LogP contribution in [0.5, 0.6) is 6.01 Å². The monoisotopic (exact) mass is 701 g/mol. The molecule has 2 saturated heterocycles. The third kappa shape index (κ3) is 8.99. The molecule has 2 aromatic carbocycles. The first-order valence-electron chi connectivity index (χ1n) is 18.0. The molecule has 1 aromatic heterocycles. The van der Waals surface area contributed by atoms with Crippen LogP contribution in [0.25, 0.3) is 10.8 Å². The van der Waals surface area contributed by atoms with Crippen LogP contribution in [0.15, 0.2) is 42.5 Å². The summed E-state index contributed by atoms with van der Waals surface area (Å²) in [5, 5.41) is 21.0. The van der Waals surface area contributed by atoms with Crippen LogP contribution in [-0.4, -0.2) is 128 Å². The van der Waals surface area contributed by atoms with E-state index in [-0.39, 0.29) is 31.2 Å². The minimum absolute atomic E-state index is 0.00197. The van der Waals surface area contributed by atoms with Gasteiger partial charge in [-0.2, -0.15) is 15.2 Å². The lowest BCUT2D eigenvalue weighted by Crippen LogP contribution is -2.56. The van der Waals surface area contributed by atoms with Crippen molar-refractivity contribution < 1.29 is 28.8 Å². The SMILES string of the molecule is CN1C[C@H](OCCOCCO)C[C@H]1COc1nc2c(c(N3CCN(C(=O)OC(C)(C)C)[C@@H](CC#N)C3)n1)CCN(c1cccc3ccccc13)C2. The van der Waals surface area contributed by atoms with E-state index in [2.05, 4.69) is 70.3 Å². The van der Waals surface area contributed by atoms with Crippen molar-refractivity contribution in [1.29, 1.82) is 5.26 Å². The van der Waals surface area contributed by atoms with Crippen molar-refractivity contribution in [2.75, 3.05) is 82.6 Å². The minimum Gasteiger partial charge on any atom is -0.462 e. The molecule has 13 nitrogen and oxygen atoms in total. The summed E-state index contributed by atoms with van der Waals surface area (Å²) in [5.74, 6) is 0.809. The molecule has 2 fully saturated rings. The third-order valence-corrected chi connectivity index (χ3v) is 9.74. The van der Waals surface area contributed by atoms with E-state index in [9.17, 15) is 10.1 Å². The Kier molecular flexibility index (Phi) is 11.8. The van der Waals surface area contributed by atoms with Crippen molar-refractivity contribution >= 4 is 28.4 Å². The lowest BCUT2D eigenvalue weighted by molar-refractivity contribution is 0.00184. The first-order valence-corrected chi connectivity index (χ1v) is 18.0. The summed E-state index contributed by atoms with van der Waals surface area (Å²) in [5.41, 5.74) is 2.54. The molecule has 0 saturated carbocycles. The van der Waals surface area contributed by atoms with E-state index in [1.54, 1.807) is 4.90 Å². The summed E-state index contributed by atoms with van der Waals surface area (Å²) < 4.78 is 23.5. The average Bonchev–Trinajstić information content (AvgIpc) is 3.47. The molecule has 4 heterocycles. The van der Waals surface area contributed by atoms with Crippen LogP contribution in [0.1, 0.15) is 44.9 Å². The van der Waals surface area contributed by atoms with Crippen molar-refractivity contribution in [1.82, 2.24) is 19.8 Å². The standard InChI is InChI=1S/C38H51N7O6/c1-38(2,3)51-37(47)45-17-16-44(23-28(45)12-14-39)35-32-13-15-43(34-11-7-9-27-8-5-6-10-31(27)34)25-33(32)40-36(41-35)50-26-29-22-30(24-42(29)4)49-21-20-48-19-18-46/h5-11,28-30,46H,12-13,15-26H2,1-4H3/t28-,29-,30+/m0/s1. The number of ether oxygens (including phenoxy) is 4. The van der Waals surface area contributed by atoms with E-state index in [1.165, 1.54) is 16.5 Å². The number of aliphatic hydroxyl groups is 1. The number of likely N-dealkylation sites (tertiary alicyclic amines) is 1. The summed E-state index contributed by atoms with van der Waals surface area (Å²) in [7, 11) is 2.07. The fourth-order valence-electron chi connectivity index (χ4n) is 7.25. The Bertz CT molecular complexity index is 1690. The lowest BCUT2D eigenvalue weighted by atomic mass is 10.0. The zero-order valence-corrected chi connectivity index (χ0v) is 30.3. The molecule has 3 atom stereocenters. The highest BCUT2D eigenvalue weighted by Gasteiger charge is 2.36. The van der Waals surface area contributed by atoms with Crippen LogP contribution in [0.3, 0.4) is 0 Å². The molecule has 3 aliphatic rings. The Morgan fingerprint density at radius 3 is 2.63 bits per heavy atom. The summed E-state index contributed by atoms with van der Waals surface area (Å²) >= 11 is 0. The van der Waals surface area contributed by atoms with Crippen LogP contribution in [0.4, 0.5) is 16.3 Å². The van der Waals surface area contributed by atoms with E-state index < -0.39 is 11.7 Å². The molecule has 51 heavy (non-hydrogen) atoms. The van der Waals surface area contributed by atoms with Gasteiger partial charge < -0.3 is 38.8 Å². The van der Waals surface area contributed by atoms with Gasteiger partial charge in [-0.05, 0) is 52.1 Å². The molecule has 1 N–H and O–H groups in total. The fraction of sp³-hybridized carbons (Fsp3) is 0.579. The van der Waals surface area contributed by atoms with Gasteiger partial charge in [0.25, 0.3) is 0 Å². The number of rotatable bonds is 12. The van der Waals surface area contributed by atoms with Gasteiger partial charge in [-0.3, -0.25) is 4.90 Å². The Balaban J connectivity index is 1.23. The number of amides is 1. The molecule has 0 radical (unpaired) electrons. The molecule has 6 rings (SSSR count). The second-order valence-electron chi connectivity index (χ2n) is 14.5. The number of anilines is 2. The molecular weight excluding hydrogens is 650 g/mol. The van der Waals surface area contributed by atoms with E-state index >= 15 is 0 Å². The Morgan fingerprint density at radius 1 is 1.00 bits per heavy atom. The number of hydrogen-bond acceptors (Lipinski definition) is 12. The number of nitriles is 1. The maximum Gasteiger partial charge on any atom is 0.410 e. The molecule has 0 unspecified atom stereocenters. The maximum atomic E-state index is 13.2. The van der Waals surface area contributed by atoms with Crippen LogP contribution in [-0.2, 0) is 27.2 Å². The topological polar surface area (TPSA) is 137 Å². The summed E-state index contributed by atoms with van der Waals surface area (Å²) in [4.78, 5) is 31.7. The van der Waals surface area contributed by atoms with E-state index in [4.69, 9.17) is 34.0 Å². The average molecular weight is 702 g/mol. The zero-order valence-electron chi connectivity index (χ0n) is 30.3. The van der Waals surface area contributed by atoms with E-state index in [0.717, 1.165) is 43.0 Å². The van der Waals surface area contributed by atoms with Crippen LogP contribution >= 0.6 is 0 Å². The summed E-state index contributed by atoms with van der Waals surface area (Å²) in [6, 6.07) is 17.2. The number of likely N-dealkylation sites (N-methyl/N-ethyl adjacent to an activating group) is 1. The molecule has 13 heteroatoms. The minimum atomic E-state index is -0.631. The van der Waals surface area contributed by atoms with Gasteiger partial charge >= 0.3 is 12.1 Å². The molecule has 3 aliphatic heterocycles. The molecule has 0 aliphatic carbocycles. The van der Waals surface area contributed by atoms with Crippen molar-refractivity contribution in [3.8, 4) is 12.1 Å². The molecule has 274 valence electrons. The molecular formula is C38H51N7O6. The van der Waals surface area contributed by atoms with Gasteiger partial charge in [0, 0.05) is 55.4 Å². The maximum absolute atomic E-state index is 13.2. The third-order valence-electron chi connectivity index (χ3n) is 9.74. The number of nitrogens with zero attached hydrogens (tertiary/aromatic N) is 7. The predicted molar refractivity (Wildman–Crippen MR) is 194 cm³/mol. The number of benzene rings is 2. The first kappa shape index (κ1) is 36.6. The highest BCUT2D eigenvalue weighted by atomic mass is 16.6. The fourth-order valence-corrected chi connectivity index (χ4v) is 7.25. The summed E-state index contributed by atoms with van der Waals surface area (Å²) in [6.07, 6.45) is 1.41. The Morgan fingerprint density at radius 2 is 1.82 bits per heavy atom. The van der Waals surface area contributed by atoms with Gasteiger partial charge in [0.15, 0.2) is 0 Å². The smallest absolute Gasteiger partial charge is 0.410 e. The number of aromatic nitrogens is 2. The van der Waals surface area contributed by atoms with Crippen molar-refractivity contribution in [2.45, 2.75) is 70.4 Å². The lowest BCUT2D eigenvalue weighted by Gasteiger charge is -2.42. The molecule has 0 spiro atoms. The number of aliphatic hydroxyl groups excluding tert-OH is 1. The first-order chi connectivity index (χ1) is 24.6. The van der Waals surface area contributed by atoms with Gasteiger partial charge in [-0.1, -0.05) is 36.4 Å². The number of hydrogen-bond donors (Lipinski definition) is 1. The number of fused-ring (bicyclic) bond motifs is 2. The van der Waals surface area contributed by atoms with Crippen LogP contribution < -0.4 is 14.5 Å². The second-order valence-corrected chi connectivity index (χ2v) is 14.5. The molecule has 3 aromatic rings. The van der Waals surface area contributed by atoms with Gasteiger partial charge in [0.2, 0.25) is 0 Å². The van der Waals surface area contributed by atoms with E-state index in [0.29, 0.717) is 58.6 Å². The molecule has 0 bridgehead atoms. The van der Waals surface area contributed by atoms with Gasteiger partial charge in [-0.25, -0.2) is 4.79 Å². The quantitative estimate of drug-likeness (QED) is 0.273. The number of carbonyl (C=O) groups excluding carboxylic acids is 1. The summed E-state index contributed by atoms with van der Waals surface area (Å²) in [6.45, 7) is 10.8. The van der Waals surface area contributed by atoms with Gasteiger partial charge in [0.05, 0.1) is 63.3 Å². The van der Waals surface area contributed by atoms with Crippen molar-refractivity contribution in [2.24, 2.45) is 0 Å². The Hall–Kier alpha value is -4.22. The highest BCUT2D eigenvalue weighted by Crippen LogP contribution is 2.35. The predicted octanol–water partition coefficient (Wildman–Crippen LogP) is 4.01. The second kappa shape index (κ2) is 16.4. The van der Waals surface area contributed by atoms with Crippen LogP contribution in [0.2, 0.25) is 0 Å². The Labute approximate surface area is 300 Å².